The maximum Gasteiger partial charge on any atom is 0.125 e. The highest BCUT2D eigenvalue weighted by atomic mass is 79.9. The van der Waals surface area contributed by atoms with Crippen LogP contribution in [0.1, 0.15) is 17.2 Å². The van der Waals surface area contributed by atoms with Crippen LogP contribution in [0.2, 0.25) is 0 Å². The Bertz CT molecular complexity index is 516. The molecule has 0 aliphatic carbocycles. The van der Waals surface area contributed by atoms with E-state index in [1.54, 1.807) is 19.5 Å². The minimum absolute atomic E-state index is 0.667. The first-order valence-electron chi connectivity index (χ1n) is 5.14. The lowest BCUT2D eigenvalue weighted by Gasteiger charge is -2.14. The minimum Gasteiger partial charge on any atom is -0.496 e. The summed E-state index contributed by atoms with van der Waals surface area (Å²) in [5.41, 5.74) is 1.46. The lowest BCUT2D eigenvalue weighted by atomic mass is 10.0. The number of pyridine rings is 1. The topological polar surface area (TPSA) is 42.4 Å². The molecule has 0 amide bonds. The van der Waals surface area contributed by atoms with Crippen LogP contribution in [-0.2, 0) is 0 Å². The molecule has 0 saturated carbocycles. The van der Waals surface area contributed by atoms with Gasteiger partial charge in [0.2, 0.25) is 0 Å². The van der Waals surface area contributed by atoms with Gasteiger partial charge in [-0.2, -0.15) is 0 Å². The predicted octanol–water partition coefficient (Wildman–Crippen LogP) is 2.93. The Labute approximate surface area is 108 Å². The van der Waals surface area contributed by atoms with Gasteiger partial charge in [0, 0.05) is 28.0 Å². The number of nitrogens with zero attached hydrogens (tertiary/aromatic N) is 1. The fourth-order valence-electron chi connectivity index (χ4n) is 1.65. The molecule has 1 atom stereocenters. The number of benzene rings is 1. The first kappa shape index (κ1) is 12.1. The third-order valence-electron chi connectivity index (χ3n) is 2.48. The molecule has 88 valence electrons. The number of rotatable bonds is 3. The van der Waals surface area contributed by atoms with Crippen LogP contribution in [0.5, 0.6) is 5.75 Å². The first-order valence-corrected chi connectivity index (χ1v) is 5.93. The Morgan fingerprint density at radius 3 is 2.76 bits per heavy atom. The van der Waals surface area contributed by atoms with Crippen molar-refractivity contribution in [1.82, 2.24) is 4.98 Å². The minimum atomic E-state index is -0.740. The van der Waals surface area contributed by atoms with Gasteiger partial charge >= 0.3 is 0 Å². The van der Waals surface area contributed by atoms with Crippen LogP contribution in [-0.4, -0.2) is 17.2 Å². The van der Waals surface area contributed by atoms with Gasteiger partial charge in [0.15, 0.2) is 0 Å². The molecule has 1 aromatic carbocycles. The van der Waals surface area contributed by atoms with Crippen LogP contribution in [0.15, 0.2) is 47.2 Å². The zero-order chi connectivity index (χ0) is 12.3. The largest absolute Gasteiger partial charge is 0.496 e. The summed E-state index contributed by atoms with van der Waals surface area (Å²) in [4.78, 5) is 4.04. The Morgan fingerprint density at radius 2 is 2.06 bits per heavy atom. The molecule has 0 aliphatic heterocycles. The van der Waals surface area contributed by atoms with Crippen LogP contribution in [0.4, 0.5) is 0 Å². The van der Waals surface area contributed by atoms with Gasteiger partial charge in [-0.05, 0) is 28.1 Å². The summed E-state index contributed by atoms with van der Waals surface area (Å²) in [5.74, 6) is 0.667. The summed E-state index contributed by atoms with van der Waals surface area (Å²) in [6.45, 7) is 0. The Kier molecular flexibility index (Phi) is 3.76. The molecule has 0 aliphatic rings. The molecule has 0 spiro atoms. The highest BCUT2D eigenvalue weighted by molar-refractivity contribution is 9.10. The molecule has 1 N–H and O–H groups in total. The number of para-hydroxylation sites is 1. The maximum atomic E-state index is 10.3. The average molecular weight is 294 g/mol. The second kappa shape index (κ2) is 5.29. The van der Waals surface area contributed by atoms with E-state index in [1.807, 2.05) is 30.3 Å². The van der Waals surface area contributed by atoms with Gasteiger partial charge in [-0.1, -0.05) is 18.2 Å². The molecule has 1 aromatic heterocycles. The number of hydrogen-bond acceptors (Lipinski definition) is 3. The van der Waals surface area contributed by atoms with Crippen LogP contribution in [0.25, 0.3) is 0 Å². The van der Waals surface area contributed by atoms with Crippen molar-refractivity contribution in [1.29, 1.82) is 0 Å². The van der Waals surface area contributed by atoms with Gasteiger partial charge in [0.1, 0.15) is 11.9 Å². The Balaban J connectivity index is 2.40. The zero-order valence-corrected chi connectivity index (χ0v) is 10.9. The van der Waals surface area contributed by atoms with E-state index in [0.717, 1.165) is 15.6 Å². The van der Waals surface area contributed by atoms with Crippen LogP contribution >= 0.6 is 15.9 Å². The summed E-state index contributed by atoms with van der Waals surface area (Å²) in [6.07, 6.45) is 2.58. The van der Waals surface area contributed by atoms with E-state index in [0.29, 0.717) is 5.75 Å². The SMILES string of the molecule is COc1ccccc1C(O)c1cncc(Br)c1. The molecule has 2 rings (SSSR count). The lowest BCUT2D eigenvalue weighted by Crippen LogP contribution is -2.02. The van der Waals surface area contributed by atoms with E-state index in [9.17, 15) is 5.11 Å². The molecule has 3 nitrogen and oxygen atoms in total. The monoisotopic (exact) mass is 293 g/mol. The van der Waals surface area contributed by atoms with Gasteiger partial charge in [0.25, 0.3) is 0 Å². The number of aromatic nitrogens is 1. The first-order chi connectivity index (χ1) is 8.22. The summed E-state index contributed by atoms with van der Waals surface area (Å²) in [6, 6.07) is 9.24. The highest BCUT2D eigenvalue weighted by Crippen LogP contribution is 2.30. The Morgan fingerprint density at radius 1 is 1.29 bits per heavy atom. The molecule has 2 aromatic rings. The van der Waals surface area contributed by atoms with Gasteiger partial charge in [-0.15, -0.1) is 0 Å². The van der Waals surface area contributed by atoms with E-state index in [4.69, 9.17) is 4.74 Å². The third kappa shape index (κ3) is 2.65. The number of aliphatic hydroxyl groups excluding tert-OH is 1. The molecule has 1 heterocycles. The number of halogens is 1. The van der Waals surface area contributed by atoms with Gasteiger partial charge < -0.3 is 9.84 Å². The second-order valence-corrected chi connectivity index (χ2v) is 4.50. The van der Waals surface area contributed by atoms with Crippen molar-refractivity contribution in [3.05, 3.63) is 58.3 Å². The van der Waals surface area contributed by atoms with Crippen molar-refractivity contribution in [3.63, 3.8) is 0 Å². The number of aliphatic hydroxyl groups is 1. The van der Waals surface area contributed by atoms with E-state index in [2.05, 4.69) is 20.9 Å². The zero-order valence-electron chi connectivity index (χ0n) is 9.30. The van der Waals surface area contributed by atoms with Crippen molar-refractivity contribution in [3.8, 4) is 5.75 Å². The second-order valence-electron chi connectivity index (χ2n) is 3.58. The van der Waals surface area contributed by atoms with E-state index in [-0.39, 0.29) is 0 Å². The highest BCUT2D eigenvalue weighted by Gasteiger charge is 2.15. The summed E-state index contributed by atoms with van der Waals surface area (Å²) in [7, 11) is 1.59. The van der Waals surface area contributed by atoms with Gasteiger partial charge in [0.05, 0.1) is 7.11 Å². The molecular weight excluding hydrogens is 282 g/mol. The molecular formula is C13H12BrNO2. The summed E-state index contributed by atoms with van der Waals surface area (Å²) in [5, 5.41) is 10.3. The number of hydrogen-bond donors (Lipinski definition) is 1. The fourth-order valence-corrected chi connectivity index (χ4v) is 2.03. The number of ether oxygens (including phenoxy) is 1. The smallest absolute Gasteiger partial charge is 0.125 e. The molecule has 0 radical (unpaired) electrons. The molecule has 1 unspecified atom stereocenters. The molecule has 0 bridgehead atoms. The van der Waals surface area contributed by atoms with E-state index in [1.165, 1.54) is 0 Å². The third-order valence-corrected chi connectivity index (χ3v) is 2.91. The average Bonchev–Trinajstić information content (AvgIpc) is 2.38. The quantitative estimate of drug-likeness (QED) is 0.946. The number of methoxy groups -OCH3 is 1. The van der Waals surface area contributed by atoms with Gasteiger partial charge in [-0.3, -0.25) is 4.98 Å². The fraction of sp³-hybridized carbons (Fsp3) is 0.154. The molecule has 0 saturated heterocycles. The van der Waals surface area contributed by atoms with Crippen molar-refractivity contribution < 1.29 is 9.84 Å². The molecule has 17 heavy (non-hydrogen) atoms. The van der Waals surface area contributed by atoms with Gasteiger partial charge in [-0.25, -0.2) is 0 Å². The molecule has 4 heteroatoms. The maximum absolute atomic E-state index is 10.3. The predicted molar refractivity (Wildman–Crippen MR) is 69.0 cm³/mol. The van der Waals surface area contributed by atoms with Crippen LogP contribution < -0.4 is 4.74 Å². The van der Waals surface area contributed by atoms with Crippen LogP contribution in [0, 0.1) is 0 Å². The van der Waals surface area contributed by atoms with Crippen molar-refractivity contribution in [2.45, 2.75) is 6.10 Å². The van der Waals surface area contributed by atoms with Crippen LogP contribution in [0.3, 0.4) is 0 Å². The lowest BCUT2D eigenvalue weighted by molar-refractivity contribution is 0.214. The van der Waals surface area contributed by atoms with E-state index < -0.39 is 6.10 Å². The van der Waals surface area contributed by atoms with E-state index >= 15 is 0 Å². The Hall–Kier alpha value is -1.39. The normalized spacial score (nSPS) is 12.2. The molecule has 0 fully saturated rings. The standard InChI is InChI=1S/C13H12BrNO2/c1-17-12-5-3-2-4-11(12)13(16)9-6-10(14)8-15-7-9/h2-8,13,16H,1H3. The van der Waals surface area contributed by atoms with Crippen molar-refractivity contribution in [2.24, 2.45) is 0 Å². The van der Waals surface area contributed by atoms with Crippen molar-refractivity contribution >= 4 is 15.9 Å². The van der Waals surface area contributed by atoms with Crippen molar-refractivity contribution in [2.75, 3.05) is 7.11 Å². The summed E-state index contributed by atoms with van der Waals surface area (Å²) < 4.78 is 6.06. The summed E-state index contributed by atoms with van der Waals surface area (Å²) >= 11 is 3.33.